The van der Waals surface area contributed by atoms with Crippen molar-refractivity contribution in [1.29, 1.82) is 0 Å². The van der Waals surface area contributed by atoms with Crippen molar-refractivity contribution in [2.45, 2.75) is 20.0 Å². The number of carbonyl (C=O) groups excluding carboxylic acids is 1. The number of amides is 2. The van der Waals surface area contributed by atoms with Crippen LogP contribution in [-0.2, 0) is 13.1 Å². The number of halogens is 1. The van der Waals surface area contributed by atoms with Crippen LogP contribution in [0.1, 0.15) is 16.7 Å². The molecule has 30 heavy (non-hydrogen) atoms. The zero-order valence-corrected chi connectivity index (χ0v) is 17.6. The van der Waals surface area contributed by atoms with Gasteiger partial charge >= 0.3 is 6.03 Å². The molecule has 0 unspecified atom stereocenters. The summed E-state index contributed by atoms with van der Waals surface area (Å²) < 4.78 is 0. The first kappa shape index (κ1) is 20.0. The monoisotopic (exact) mass is 414 g/mol. The smallest absolute Gasteiger partial charge is 0.316 e. The van der Waals surface area contributed by atoms with E-state index in [9.17, 15) is 4.79 Å². The van der Waals surface area contributed by atoms with Crippen molar-refractivity contribution < 1.29 is 4.79 Å². The minimum Gasteiger partial charge on any atom is -0.316 e. The molecular weight excluding hydrogens is 392 g/mol. The molecule has 4 heteroatoms. The average Bonchev–Trinajstić information content (AvgIpc) is 2.77. The van der Waals surface area contributed by atoms with Crippen LogP contribution in [0.4, 0.5) is 10.5 Å². The summed E-state index contributed by atoms with van der Waals surface area (Å²) >= 11 is 6.24. The fourth-order valence-electron chi connectivity index (χ4n) is 3.51. The van der Waals surface area contributed by atoms with E-state index in [0.717, 1.165) is 22.1 Å². The second-order valence-corrected chi connectivity index (χ2v) is 7.78. The topological polar surface area (TPSA) is 32.3 Å². The third-order valence-corrected chi connectivity index (χ3v) is 5.57. The van der Waals surface area contributed by atoms with Crippen molar-refractivity contribution >= 4 is 34.1 Å². The average molecular weight is 415 g/mol. The molecule has 0 saturated heterocycles. The van der Waals surface area contributed by atoms with Crippen molar-refractivity contribution in [3.8, 4) is 0 Å². The zero-order valence-electron chi connectivity index (χ0n) is 16.8. The number of nitrogens with zero attached hydrogens (tertiary/aromatic N) is 1. The van der Waals surface area contributed by atoms with Gasteiger partial charge in [0.2, 0.25) is 0 Å². The lowest BCUT2D eigenvalue weighted by Gasteiger charge is -2.24. The molecule has 0 heterocycles. The summed E-state index contributed by atoms with van der Waals surface area (Å²) in [5.74, 6) is 0. The van der Waals surface area contributed by atoms with Gasteiger partial charge in [-0.05, 0) is 46.5 Å². The summed E-state index contributed by atoms with van der Waals surface area (Å²) in [6.45, 7) is 2.95. The molecule has 0 atom stereocenters. The Hall–Kier alpha value is -3.30. The maximum Gasteiger partial charge on any atom is 0.322 e. The number of benzene rings is 4. The molecule has 150 valence electrons. The van der Waals surface area contributed by atoms with Gasteiger partial charge < -0.3 is 10.2 Å². The van der Waals surface area contributed by atoms with E-state index in [1.165, 1.54) is 5.39 Å². The minimum atomic E-state index is -0.160. The van der Waals surface area contributed by atoms with Gasteiger partial charge in [0, 0.05) is 23.8 Å². The van der Waals surface area contributed by atoms with Crippen LogP contribution < -0.4 is 5.32 Å². The Balaban J connectivity index is 1.63. The molecule has 0 saturated carbocycles. The fourth-order valence-corrected chi connectivity index (χ4v) is 3.69. The van der Waals surface area contributed by atoms with Gasteiger partial charge in [0.1, 0.15) is 0 Å². The van der Waals surface area contributed by atoms with Crippen LogP contribution in [0.5, 0.6) is 0 Å². The number of hydrogen-bond acceptors (Lipinski definition) is 1. The number of fused-ring (bicyclic) bond motifs is 1. The number of rotatable bonds is 5. The number of nitrogens with one attached hydrogen (secondary N) is 1. The molecule has 0 bridgehead atoms. The summed E-state index contributed by atoms with van der Waals surface area (Å²) in [5, 5.41) is 5.96. The van der Waals surface area contributed by atoms with Gasteiger partial charge in [0.15, 0.2) is 0 Å². The molecule has 4 aromatic carbocycles. The van der Waals surface area contributed by atoms with Gasteiger partial charge in [0.05, 0.1) is 0 Å². The van der Waals surface area contributed by atoms with Gasteiger partial charge in [-0.3, -0.25) is 0 Å². The highest BCUT2D eigenvalue weighted by Gasteiger charge is 2.16. The van der Waals surface area contributed by atoms with E-state index in [0.29, 0.717) is 23.8 Å². The van der Waals surface area contributed by atoms with Crippen LogP contribution in [0.25, 0.3) is 10.8 Å². The summed E-state index contributed by atoms with van der Waals surface area (Å²) in [6.07, 6.45) is 0. The molecular formula is C26H23ClN2O. The largest absolute Gasteiger partial charge is 0.322 e. The Bertz CT molecular complexity index is 1170. The van der Waals surface area contributed by atoms with Crippen LogP contribution in [0, 0.1) is 6.92 Å². The summed E-state index contributed by atoms with van der Waals surface area (Å²) in [4.78, 5) is 15.0. The molecule has 0 radical (unpaired) electrons. The Morgan fingerprint density at radius 3 is 2.40 bits per heavy atom. The predicted octanol–water partition coefficient (Wildman–Crippen LogP) is 7.04. The summed E-state index contributed by atoms with van der Waals surface area (Å²) in [5.41, 5.74) is 3.86. The molecule has 0 aromatic heterocycles. The molecule has 0 aliphatic rings. The van der Waals surface area contributed by atoms with E-state index in [-0.39, 0.29) is 6.03 Å². The Kier molecular flexibility index (Phi) is 6.01. The van der Waals surface area contributed by atoms with E-state index in [1.54, 1.807) is 6.07 Å². The van der Waals surface area contributed by atoms with Crippen molar-refractivity contribution in [3.05, 3.63) is 113 Å². The minimum absolute atomic E-state index is 0.160. The number of aryl methyl sites for hydroxylation is 1. The molecule has 0 aliphatic carbocycles. The van der Waals surface area contributed by atoms with Gasteiger partial charge in [-0.2, -0.15) is 0 Å². The van der Waals surface area contributed by atoms with Crippen LogP contribution >= 0.6 is 11.6 Å². The van der Waals surface area contributed by atoms with Crippen LogP contribution in [0.15, 0.2) is 91.0 Å². The SMILES string of the molecule is Cc1ccc(NC(=O)N(Cc2ccccc2)Cc2cccc3ccccc23)cc1Cl. The lowest BCUT2D eigenvalue weighted by Crippen LogP contribution is -2.34. The van der Waals surface area contributed by atoms with E-state index in [2.05, 4.69) is 29.6 Å². The maximum atomic E-state index is 13.2. The summed E-state index contributed by atoms with van der Waals surface area (Å²) in [7, 11) is 0. The molecule has 2 amide bonds. The van der Waals surface area contributed by atoms with E-state index >= 15 is 0 Å². The standard InChI is InChI=1S/C26H23ClN2O/c1-19-14-15-23(16-25(19)27)28-26(30)29(17-20-8-3-2-4-9-20)18-22-12-7-11-21-10-5-6-13-24(21)22/h2-16H,17-18H2,1H3,(H,28,30). The van der Waals surface area contributed by atoms with Gasteiger partial charge in [-0.1, -0.05) is 90.5 Å². The Morgan fingerprint density at radius 2 is 1.60 bits per heavy atom. The lowest BCUT2D eigenvalue weighted by atomic mass is 10.0. The van der Waals surface area contributed by atoms with Gasteiger partial charge in [-0.25, -0.2) is 4.79 Å². The second-order valence-electron chi connectivity index (χ2n) is 7.37. The number of hydrogen-bond donors (Lipinski definition) is 1. The van der Waals surface area contributed by atoms with Crippen LogP contribution in [-0.4, -0.2) is 10.9 Å². The molecule has 4 aromatic rings. The van der Waals surface area contributed by atoms with E-state index < -0.39 is 0 Å². The molecule has 0 aliphatic heterocycles. The zero-order chi connectivity index (χ0) is 20.9. The van der Waals surface area contributed by atoms with Crippen molar-refractivity contribution in [2.24, 2.45) is 0 Å². The number of carbonyl (C=O) groups is 1. The van der Waals surface area contributed by atoms with Crippen molar-refractivity contribution in [3.63, 3.8) is 0 Å². The highest BCUT2D eigenvalue weighted by Crippen LogP contribution is 2.23. The molecule has 1 N–H and O–H groups in total. The highest BCUT2D eigenvalue weighted by molar-refractivity contribution is 6.31. The Morgan fingerprint density at radius 1 is 0.867 bits per heavy atom. The van der Waals surface area contributed by atoms with Gasteiger partial charge in [0.25, 0.3) is 0 Å². The predicted molar refractivity (Wildman–Crippen MR) is 125 cm³/mol. The fraction of sp³-hybridized carbons (Fsp3) is 0.115. The first-order chi connectivity index (χ1) is 14.6. The number of anilines is 1. The quantitative estimate of drug-likeness (QED) is 0.373. The van der Waals surface area contributed by atoms with Crippen molar-refractivity contribution in [1.82, 2.24) is 4.90 Å². The number of urea groups is 1. The molecule has 3 nitrogen and oxygen atoms in total. The van der Waals surface area contributed by atoms with E-state index in [4.69, 9.17) is 11.6 Å². The Labute approximate surface area is 181 Å². The summed E-state index contributed by atoms with van der Waals surface area (Å²) in [6, 6.07) is 29.9. The first-order valence-electron chi connectivity index (χ1n) is 9.93. The van der Waals surface area contributed by atoms with E-state index in [1.807, 2.05) is 72.5 Å². The third-order valence-electron chi connectivity index (χ3n) is 5.17. The van der Waals surface area contributed by atoms with Crippen LogP contribution in [0.2, 0.25) is 5.02 Å². The van der Waals surface area contributed by atoms with Crippen LogP contribution in [0.3, 0.4) is 0 Å². The molecule has 0 fully saturated rings. The second kappa shape index (κ2) is 9.02. The first-order valence-corrected chi connectivity index (χ1v) is 10.3. The third kappa shape index (κ3) is 4.64. The molecule has 4 rings (SSSR count). The van der Waals surface area contributed by atoms with Gasteiger partial charge in [-0.15, -0.1) is 0 Å². The molecule has 0 spiro atoms. The normalized spacial score (nSPS) is 10.7. The lowest BCUT2D eigenvalue weighted by molar-refractivity contribution is 0.206. The van der Waals surface area contributed by atoms with Crippen molar-refractivity contribution in [2.75, 3.05) is 5.32 Å². The maximum absolute atomic E-state index is 13.2. The highest BCUT2D eigenvalue weighted by atomic mass is 35.5.